The average molecular weight is 485 g/mol. The maximum atomic E-state index is 13.8. The Kier molecular flexibility index (Phi) is 5.51. The van der Waals surface area contributed by atoms with Gasteiger partial charge in [-0.05, 0) is 68.4 Å². The Balaban J connectivity index is 1.60. The summed E-state index contributed by atoms with van der Waals surface area (Å²) in [4.78, 5) is 13.3. The topological polar surface area (TPSA) is 79.9 Å². The Hall–Kier alpha value is -3.08. The van der Waals surface area contributed by atoms with Crippen molar-refractivity contribution in [2.45, 2.75) is 37.6 Å². The van der Waals surface area contributed by atoms with Crippen LogP contribution in [0.5, 0.6) is 11.6 Å². The first-order valence-corrected chi connectivity index (χ1v) is 11.4. The van der Waals surface area contributed by atoms with Crippen LogP contribution in [0.1, 0.15) is 48.2 Å². The van der Waals surface area contributed by atoms with Gasteiger partial charge in [0.2, 0.25) is 5.88 Å². The molecule has 1 heterocycles. The normalized spacial score (nSPS) is 21.1. The summed E-state index contributed by atoms with van der Waals surface area (Å²) in [5, 5.41) is 18.2. The molecule has 1 aromatic heterocycles. The second-order valence-corrected chi connectivity index (χ2v) is 9.43. The second-order valence-electron chi connectivity index (χ2n) is 8.59. The fraction of sp³-hybridized carbons (Fsp3) is 0.292. The number of aromatic nitrogens is 2. The maximum absolute atomic E-state index is 13.8. The number of halogens is 3. The number of hydrogen-bond donors (Lipinski definition) is 1. The van der Waals surface area contributed by atoms with Crippen LogP contribution >= 0.6 is 23.2 Å². The lowest BCUT2D eigenvalue weighted by Gasteiger charge is -2.27. The number of nitrogens with zero attached hydrogens (tertiary/aromatic N) is 3. The molecule has 5 rings (SSSR count). The van der Waals surface area contributed by atoms with Crippen LogP contribution in [-0.2, 0) is 0 Å². The van der Waals surface area contributed by atoms with Crippen LogP contribution in [0.15, 0.2) is 42.5 Å². The third kappa shape index (κ3) is 4.05. The Morgan fingerprint density at radius 2 is 2.03 bits per heavy atom. The first-order chi connectivity index (χ1) is 15.9. The molecule has 2 aliphatic carbocycles. The predicted molar refractivity (Wildman–Crippen MR) is 122 cm³/mol. The van der Waals surface area contributed by atoms with E-state index in [1.54, 1.807) is 18.2 Å². The summed E-state index contributed by atoms with van der Waals surface area (Å²) in [6.45, 7) is 0. The monoisotopic (exact) mass is 484 g/mol. The van der Waals surface area contributed by atoms with Gasteiger partial charge in [0.25, 0.3) is 5.91 Å². The molecule has 2 fully saturated rings. The molecule has 1 amide bonds. The third-order valence-electron chi connectivity index (χ3n) is 6.44. The van der Waals surface area contributed by atoms with Gasteiger partial charge in [-0.3, -0.25) is 4.79 Å². The van der Waals surface area contributed by atoms with E-state index in [0.717, 1.165) is 32.1 Å². The number of ether oxygens (including phenoxy) is 1. The molecule has 2 saturated carbocycles. The minimum absolute atomic E-state index is 0.0364. The summed E-state index contributed by atoms with van der Waals surface area (Å²) in [6.07, 6.45) is 4.96. The minimum Gasteiger partial charge on any atom is -0.437 e. The molecule has 0 spiro atoms. The Morgan fingerprint density at radius 3 is 2.67 bits per heavy atom. The fourth-order valence-corrected chi connectivity index (χ4v) is 5.37. The van der Waals surface area contributed by atoms with E-state index in [0.29, 0.717) is 16.6 Å². The molecule has 0 unspecified atom stereocenters. The van der Waals surface area contributed by atoms with Crippen molar-refractivity contribution in [3.63, 3.8) is 0 Å². The molecule has 9 heteroatoms. The van der Waals surface area contributed by atoms with Crippen molar-refractivity contribution in [2.24, 2.45) is 5.92 Å². The number of rotatable bonds is 5. The van der Waals surface area contributed by atoms with Crippen molar-refractivity contribution in [1.29, 1.82) is 5.26 Å². The molecular formula is C24H19Cl2FN4O2. The number of nitriles is 1. The highest BCUT2D eigenvalue weighted by molar-refractivity contribution is 6.35. The highest BCUT2D eigenvalue weighted by atomic mass is 35.5. The number of hydrogen-bond acceptors (Lipinski definition) is 4. The van der Waals surface area contributed by atoms with Crippen LogP contribution in [0.3, 0.4) is 0 Å². The highest BCUT2D eigenvalue weighted by Gasteiger charge is 2.46. The molecule has 6 nitrogen and oxygen atoms in total. The molecule has 0 radical (unpaired) electrons. The molecule has 0 aliphatic heterocycles. The first kappa shape index (κ1) is 21.7. The zero-order chi connectivity index (χ0) is 23.2. The molecule has 168 valence electrons. The zero-order valence-corrected chi connectivity index (χ0v) is 19.0. The van der Waals surface area contributed by atoms with Crippen LogP contribution in [0.25, 0.3) is 5.69 Å². The summed E-state index contributed by atoms with van der Waals surface area (Å²) >= 11 is 12.4. The van der Waals surface area contributed by atoms with Crippen LogP contribution in [0, 0.1) is 23.1 Å². The Bertz CT molecular complexity index is 1290. The van der Waals surface area contributed by atoms with E-state index in [1.807, 2.05) is 6.07 Å². The van der Waals surface area contributed by atoms with Gasteiger partial charge in [-0.25, -0.2) is 4.39 Å². The maximum Gasteiger partial charge on any atom is 0.273 e. The van der Waals surface area contributed by atoms with E-state index in [4.69, 9.17) is 27.9 Å². The van der Waals surface area contributed by atoms with Crippen molar-refractivity contribution in [3.05, 3.63) is 69.6 Å². The molecule has 33 heavy (non-hydrogen) atoms. The van der Waals surface area contributed by atoms with Gasteiger partial charge in [-0.15, -0.1) is 0 Å². The first-order valence-electron chi connectivity index (χ1n) is 10.6. The lowest BCUT2D eigenvalue weighted by Crippen LogP contribution is -2.45. The number of carbonyl (C=O) groups is 1. The van der Waals surface area contributed by atoms with Crippen molar-refractivity contribution in [2.75, 3.05) is 0 Å². The second kappa shape index (κ2) is 8.36. The zero-order valence-electron chi connectivity index (χ0n) is 17.4. The highest BCUT2D eigenvalue weighted by Crippen LogP contribution is 2.47. The van der Waals surface area contributed by atoms with Gasteiger partial charge < -0.3 is 10.1 Å². The van der Waals surface area contributed by atoms with Crippen molar-refractivity contribution >= 4 is 29.1 Å². The standard InChI is InChI=1S/C24H19Cl2FN4O2/c25-15-4-5-20(19(26)10-15)31-23(33-17-3-1-2-16(27)11-17)18(13-28)21(30-31)22(32)29-24-8-6-14(12-24)7-9-24/h1-5,10-11,14H,6-9,12H2,(H,29,32). The lowest BCUT2D eigenvalue weighted by molar-refractivity contribution is 0.0895. The van der Waals surface area contributed by atoms with Crippen LogP contribution in [0.2, 0.25) is 10.0 Å². The molecular weight excluding hydrogens is 466 g/mol. The van der Waals surface area contributed by atoms with E-state index in [9.17, 15) is 14.4 Å². The van der Waals surface area contributed by atoms with E-state index in [2.05, 4.69) is 10.4 Å². The summed E-state index contributed by atoms with van der Waals surface area (Å²) in [6, 6.07) is 12.3. The van der Waals surface area contributed by atoms with Gasteiger partial charge in [0.15, 0.2) is 5.69 Å². The van der Waals surface area contributed by atoms with Crippen molar-refractivity contribution in [3.8, 4) is 23.4 Å². The summed E-state index contributed by atoms with van der Waals surface area (Å²) in [5.41, 5.74) is -0.0194. The third-order valence-corrected chi connectivity index (χ3v) is 6.98. The van der Waals surface area contributed by atoms with Gasteiger partial charge in [-0.2, -0.15) is 15.0 Å². The largest absolute Gasteiger partial charge is 0.437 e. The van der Waals surface area contributed by atoms with Crippen LogP contribution in [0.4, 0.5) is 4.39 Å². The van der Waals surface area contributed by atoms with Gasteiger partial charge >= 0.3 is 0 Å². The number of carbonyl (C=O) groups excluding carboxylic acids is 1. The molecule has 3 aromatic rings. The van der Waals surface area contributed by atoms with E-state index < -0.39 is 11.7 Å². The quantitative estimate of drug-likeness (QED) is 0.478. The summed E-state index contributed by atoms with van der Waals surface area (Å²) in [7, 11) is 0. The summed E-state index contributed by atoms with van der Waals surface area (Å²) < 4.78 is 20.9. The fourth-order valence-electron chi connectivity index (χ4n) is 4.88. The molecule has 1 N–H and O–H groups in total. The average Bonchev–Trinajstić information content (AvgIpc) is 3.47. The number of fused-ring (bicyclic) bond motifs is 2. The van der Waals surface area contributed by atoms with Gasteiger partial charge in [0.05, 0.1) is 10.7 Å². The van der Waals surface area contributed by atoms with Crippen LogP contribution in [-0.4, -0.2) is 21.2 Å². The van der Waals surface area contributed by atoms with Crippen molar-refractivity contribution in [1.82, 2.24) is 15.1 Å². The molecule has 2 aromatic carbocycles. The van der Waals surface area contributed by atoms with Gasteiger partial charge in [0, 0.05) is 16.6 Å². The van der Waals surface area contributed by atoms with E-state index in [-0.39, 0.29) is 33.4 Å². The number of nitrogens with one attached hydrogen (secondary N) is 1. The molecule has 0 atom stereocenters. The molecule has 0 saturated heterocycles. The van der Waals surface area contributed by atoms with Gasteiger partial charge in [0.1, 0.15) is 23.2 Å². The summed E-state index contributed by atoms with van der Waals surface area (Å²) in [5.74, 6) is -0.195. The predicted octanol–water partition coefficient (Wildman–Crippen LogP) is 6.04. The molecule has 2 bridgehead atoms. The van der Waals surface area contributed by atoms with Crippen LogP contribution < -0.4 is 10.1 Å². The van der Waals surface area contributed by atoms with Gasteiger partial charge in [-0.1, -0.05) is 29.3 Å². The van der Waals surface area contributed by atoms with Crippen molar-refractivity contribution < 1.29 is 13.9 Å². The Labute approximate surface area is 199 Å². The minimum atomic E-state index is -0.504. The van der Waals surface area contributed by atoms with E-state index in [1.165, 1.54) is 28.9 Å². The number of amides is 1. The smallest absolute Gasteiger partial charge is 0.273 e. The lowest BCUT2D eigenvalue weighted by atomic mass is 9.93. The van der Waals surface area contributed by atoms with E-state index >= 15 is 0 Å². The SMILES string of the molecule is N#Cc1c(C(=O)NC23CCC(CC2)C3)nn(-c2ccc(Cl)cc2Cl)c1Oc1cccc(F)c1. The molecule has 2 aliphatic rings. The number of benzene rings is 2. The Morgan fingerprint density at radius 1 is 1.24 bits per heavy atom.